The Morgan fingerprint density at radius 3 is 1.78 bits per heavy atom. The van der Waals surface area contributed by atoms with Crippen molar-refractivity contribution < 1.29 is 5.48 Å². The highest BCUT2D eigenvalue weighted by Crippen LogP contribution is 2.40. The van der Waals surface area contributed by atoms with E-state index in [9.17, 15) is 0 Å². The minimum absolute atomic E-state index is 0.0274. The molecule has 0 unspecified atom stereocenters. The summed E-state index contributed by atoms with van der Waals surface area (Å²) < 4.78 is 38.6. The van der Waals surface area contributed by atoms with Crippen molar-refractivity contribution in [2.75, 3.05) is 0 Å². The van der Waals surface area contributed by atoms with Gasteiger partial charge in [-0.25, -0.2) is 0 Å². The van der Waals surface area contributed by atoms with E-state index in [0.29, 0.717) is 22.3 Å². The second-order valence-electron chi connectivity index (χ2n) is 10.6. The largest absolute Gasteiger partial charge is 0.135 e. The van der Waals surface area contributed by atoms with Crippen molar-refractivity contribution in [2.24, 2.45) is 0 Å². The first-order valence-electron chi connectivity index (χ1n) is 15.8. The molecular weight excluding hydrogens is 513 g/mol. The van der Waals surface area contributed by atoms with E-state index in [4.69, 9.17) is 5.48 Å². The third-order valence-corrected chi connectivity index (χ3v) is 9.49. The van der Waals surface area contributed by atoms with E-state index in [1.54, 1.807) is 11.3 Å². The van der Waals surface area contributed by atoms with Crippen LogP contribution in [0.15, 0.2) is 145 Å². The molecule has 41 heavy (non-hydrogen) atoms. The summed E-state index contributed by atoms with van der Waals surface area (Å²) in [4.78, 5) is 0. The van der Waals surface area contributed by atoms with E-state index in [2.05, 4.69) is 72.8 Å². The van der Waals surface area contributed by atoms with E-state index < -0.39 is 0 Å². The molecule has 0 aliphatic heterocycles. The van der Waals surface area contributed by atoms with Crippen molar-refractivity contribution in [3.63, 3.8) is 0 Å². The van der Waals surface area contributed by atoms with Gasteiger partial charge < -0.3 is 0 Å². The van der Waals surface area contributed by atoms with Crippen LogP contribution in [0.3, 0.4) is 0 Å². The number of fused-ring (bicyclic) bond motifs is 9. The van der Waals surface area contributed by atoms with Crippen LogP contribution in [0.4, 0.5) is 0 Å². The highest BCUT2D eigenvalue weighted by molar-refractivity contribution is 7.26. The zero-order valence-electron chi connectivity index (χ0n) is 26.0. The molecule has 190 valence electrons. The van der Waals surface area contributed by atoms with Crippen molar-refractivity contribution in [1.29, 1.82) is 0 Å². The molecule has 8 aromatic carbocycles. The molecule has 0 bridgehead atoms. The van der Waals surface area contributed by atoms with Crippen molar-refractivity contribution in [3.8, 4) is 22.3 Å². The van der Waals surface area contributed by atoms with Gasteiger partial charge in [0.15, 0.2) is 0 Å². The molecule has 1 heterocycles. The quantitative estimate of drug-likeness (QED) is 0.151. The fraction of sp³-hybridized carbons (Fsp3) is 0. The Balaban J connectivity index is 1.20. The molecule has 1 heteroatoms. The van der Waals surface area contributed by atoms with Gasteiger partial charge in [0.05, 0.1) is 5.48 Å². The maximum Gasteiger partial charge on any atom is 0.0629 e. The van der Waals surface area contributed by atoms with Crippen molar-refractivity contribution in [3.05, 3.63) is 145 Å². The zero-order valence-corrected chi connectivity index (χ0v) is 22.8. The third kappa shape index (κ3) is 3.60. The Kier molecular flexibility index (Phi) is 4.09. The zero-order chi connectivity index (χ0) is 30.4. The summed E-state index contributed by atoms with van der Waals surface area (Å²) in [5, 5.41) is 11.4. The molecule has 0 aliphatic rings. The summed E-state index contributed by atoms with van der Waals surface area (Å²) >= 11 is 1.74. The fourth-order valence-corrected chi connectivity index (χ4v) is 7.39. The van der Waals surface area contributed by atoms with Crippen LogP contribution in [0.1, 0.15) is 5.48 Å². The predicted molar refractivity (Wildman–Crippen MR) is 180 cm³/mol. The summed E-state index contributed by atoms with van der Waals surface area (Å²) in [5.41, 5.74) is 2.02. The topological polar surface area (TPSA) is 0 Å². The van der Waals surface area contributed by atoms with E-state index >= 15 is 0 Å². The van der Waals surface area contributed by atoms with Crippen molar-refractivity contribution in [2.45, 2.75) is 0 Å². The number of thiophene rings is 1. The predicted octanol–water partition coefficient (Wildman–Crippen LogP) is 12.0. The highest BCUT2D eigenvalue weighted by Gasteiger charge is 2.11. The van der Waals surface area contributed by atoms with E-state index in [-0.39, 0.29) is 24.2 Å². The van der Waals surface area contributed by atoms with Gasteiger partial charge in [0.2, 0.25) is 0 Å². The van der Waals surface area contributed by atoms with Crippen LogP contribution in [0.25, 0.3) is 85.5 Å². The third-order valence-electron chi connectivity index (χ3n) is 8.27. The minimum atomic E-state index is -0.0293. The van der Waals surface area contributed by atoms with Crippen LogP contribution in [0.5, 0.6) is 0 Å². The van der Waals surface area contributed by atoms with Crippen LogP contribution in [0.2, 0.25) is 0 Å². The smallest absolute Gasteiger partial charge is 0.0629 e. The summed E-state index contributed by atoms with van der Waals surface area (Å²) in [5.74, 6) is 0. The van der Waals surface area contributed by atoms with Gasteiger partial charge in [-0.1, -0.05) is 115 Å². The molecule has 0 amide bonds. The Hall–Kier alpha value is -4.98. The molecular formula is C40H24S. The van der Waals surface area contributed by atoms with Gasteiger partial charge in [-0.3, -0.25) is 0 Å². The molecule has 0 aliphatic carbocycles. The SMILES string of the molecule is [2H]c1c([2H])c(-c2ccc3sc4c5ccccc5ccc4c3c2)c([2H])c([2H])c1-c1ccc2c(ccc3cc4ccccc4cc32)c1. The first-order chi connectivity index (χ1) is 22.0. The lowest BCUT2D eigenvalue weighted by molar-refractivity contribution is 1.62. The average molecular weight is 541 g/mol. The number of benzene rings is 8. The molecule has 0 atom stereocenters. The van der Waals surface area contributed by atoms with Crippen LogP contribution >= 0.6 is 11.3 Å². The van der Waals surface area contributed by atoms with E-state index in [1.165, 1.54) is 26.2 Å². The Bertz CT molecular complexity index is 2680. The lowest BCUT2D eigenvalue weighted by Gasteiger charge is -2.10. The first-order valence-corrected chi connectivity index (χ1v) is 14.6. The van der Waals surface area contributed by atoms with Gasteiger partial charge in [0.1, 0.15) is 0 Å². The van der Waals surface area contributed by atoms with Crippen molar-refractivity contribution >= 4 is 74.6 Å². The Morgan fingerprint density at radius 1 is 0.366 bits per heavy atom. The molecule has 0 N–H and O–H groups in total. The number of hydrogen-bond acceptors (Lipinski definition) is 1. The maximum absolute atomic E-state index is 9.06. The van der Waals surface area contributed by atoms with Gasteiger partial charge in [-0.2, -0.15) is 0 Å². The number of hydrogen-bond donors (Lipinski definition) is 0. The van der Waals surface area contributed by atoms with Crippen LogP contribution in [0, 0.1) is 0 Å². The molecule has 0 saturated carbocycles. The molecule has 0 nitrogen and oxygen atoms in total. The van der Waals surface area contributed by atoms with Gasteiger partial charge in [-0.15, -0.1) is 11.3 Å². The standard InChI is InChI=1S/C40H24S/c1-2-7-29-23-37-33(21-28(29)6-1)14-13-32-22-30(16-18-34(32)37)25-9-11-26(12-10-25)31-17-20-39-38(24-31)36-19-15-27-5-3-4-8-35(27)40(36)41-39/h1-24H/i9D,10D,11D,12D. The van der Waals surface area contributed by atoms with Gasteiger partial charge in [-0.05, 0) is 95.7 Å². The molecule has 0 fully saturated rings. The summed E-state index contributed by atoms with van der Waals surface area (Å²) in [6.07, 6.45) is 0. The van der Waals surface area contributed by atoms with Crippen LogP contribution in [-0.4, -0.2) is 0 Å². The van der Waals surface area contributed by atoms with Gasteiger partial charge >= 0.3 is 0 Å². The van der Waals surface area contributed by atoms with E-state index in [1.807, 2.05) is 48.5 Å². The second kappa shape index (κ2) is 8.76. The molecule has 0 saturated heterocycles. The molecule has 1 aromatic heterocycles. The van der Waals surface area contributed by atoms with E-state index in [0.717, 1.165) is 37.0 Å². The summed E-state index contributed by atoms with van der Waals surface area (Å²) in [6, 6.07) is 41.4. The first kappa shape index (κ1) is 19.2. The molecule has 0 spiro atoms. The summed E-state index contributed by atoms with van der Waals surface area (Å²) in [6.45, 7) is 0. The van der Waals surface area contributed by atoms with Crippen LogP contribution in [-0.2, 0) is 0 Å². The lowest BCUT2D eigenvalue weighted by Crippen LogP contribution is -1.83. The molecule has 9 aromatic rings. The minimum Gasteiger partial charge on any atom is -0.135 e. The van der Waals surface area contributed by atoms with Gasteiger partial charge in [0.25, 0.3) is 0 Å². The second-order valence-corrected chi connectivity index (χ2v) is 11.7. The lowest BCUT2D eigenvalue weighted by atomic mass is 9.94. The monoisotopic (exact) mass is 540 g/mol. The molecule has 0 radical (unpaired) electrons. The van der Waals surface area contributed by atoms with Crippen molar-refractivity contribution in [1.82, 2.24) is 0 Å². The Labute approximate surface area is 247 Å². The van der Waals surface area contributed by atoms with Gasteiger partial charge in [0, 0.05) is 20.2 Å². The maximum atomic E-state index is 9.06. The average Bonchev–Trinajstić information content (AvgIpc) is 3.45. The summed E-state index contributed by atoms with van der Waals surface area (Å²) in [7, 11) is 0. The molecule has 9 rings (SSSR count). The normalized spacial score (nSPS) is 13.3. The highest BCUT2D eigenvalue weighted by atomic mass is 32.1. The fourth-order valence-electron chi connectivity index (χ4n) is 6.17. The Morgan fingerprint density at radius 2 is 0.976 bits per heavy atom. The van der Waals surface area contributed by atoms with Crippen LogP contribution < -0.4 is 0 Å². The number of rotatable bonds is 2.